The molecule has 0 amide bonds. The highest BCUT2D eigenvalue weighted by atomic mass is 35.5. The van der Waals surface area contributed by atoms with Crippen molar-refractivity contribution in [2.75, 3.05) is 18.0 Å². The van der Waals surface area contributed by atoms with Crippen LogP contribution in [0.4, 0.5) is 5.69 Å². The van der Waals surface area contributed by atoms with E-state index in [0.29, 0.717) is 6.04 Å². The number of para-hydroxylation sites is 1. The third kappa shape index (κ3) is 2.50. The molecule has 1 saturated heterocycles. The molecule has 0 spiro atoms. The Morgan fingerprint density at radius 3 is 2.83 bits per heavy atom. The topological polar surface area (TPSA) is 15.3 Å². The molecule has 1 N–H and O–H groups in total. The molecule has 2 unspecified atom stereocenters. The molecule has 2 rings (SSSR count). The normalized spacial score (nSPS) is 28.5. The van der Waals surface area contributed by atoms with Crippen molar-refractivity contribution in [3.63, 3.8) is 0 Å². The minimum atomic E-state index is 0.179. The molecule has 0 bridgehead atoms. The van der Waals surface area contributed by atoms with Crippen molar-refractivity contribution in [2.45, 2.75) is 45.7 Å². The van der Waals surface area contributed by atoms with Gasteiger partial charge in [-0.15, -0.1) is 0 Å². The van der Waals surface area contributed by atoms with Gasteiger partial charge in [-0.25, -0.2) is 0 Å². The highest BCUT2D eigenvalue weighted by Gasteiger charge is 2.33. The van der Waals surface area contributed by atoms with E-state index in [1.165, 1.54) is 11.3 Å². The van der Waals surface area contributed by atoms with Gasteiger partial charge in [0.15, 0.2) is 0 Å². The third-order valence-electron chi connectivity index (χ3n) is 4.13. The fourth-order valence-electron chi connectivity index (χ4n) is 2.62. The number of aryl methyl sites for hydroxylation is 1. The summed E-state index contributed by atoms with van der Waals surface area (Å²) in [7, 11) is 0. The van der Waals surface area contributed by atoms with Crippen molar-refractivity contribution >= 4 is 17.3 Å². The molecule has 1 heterocycles. The number of hydrogen-bond donors (Lipinski definition) is 1. The molecule has 1 aromatic rings. The van der Waals surface area contributed by atoms with E-state index in [2.05, 4.69) is 44.0 Å². The molecule has 0 aliphatic carbocycles. The maximum Gasteiger partial charge on any atom is 0.0642 e. The second-order valence-corrected chi connectivity index (χ2v) is 6.08. The van der Waals surface area contributed by atoms with Crippen LogP contribution in [0, 0.1) is 6.92 Å². The van der Waals surface area contributed by atoms with Gasteiger partial charge in [0.2, 0.25) is 0 Å². The van der Waals surface area contributed by atoms with Gasteiger partial charge < -0.3 is 10.2 Å². The summed E-state index contributed by atoms with van der Waals surface area (Å²) < 4.78 is 0. The zero-order valence-electron chi connectivity index (χ0n) is 11.8. The van der Waals surface area contributed by atoms with E-state index in [1.807, 2.05) is 12.1 Å². The molecule has 1 aliphatic heterocycles. The maximum absolute atomic E-state index is 6.40. The van der Waals surface area contributed by atoms with Gasteiger partial charge >= 0.3 is 0 Å². The Labute approximate surface area is 115 Å². The molecule has 1 fully saturated rings. The number of hydrogen-bond acceptors (Lipinski definition) is 2. The van der Waals surface area contributed by atoms with Crippen LogP contribution in [0.25, 0.3) is 0 Å². The van der Waals surface area contributed by atoms with Crippen LogP contribution in [0.2, 0.25) is 5.02 Å². The minimum Gasteiger partial charge on any atom is -0.364 e. The number of rotatable bonds is 2. The van der Waals surface area contributed by atoms with Crippen LogP contribution in [0.3, 0.4) is 0 Å². The lowest BCUT2D eigenvalue weighted by atomic mass is 9.93. The molecular weight excluding hydrogens is 244 g/mol. The largest absolute Gasteiger partial charge is 0.364 e. The van der Waals surface area contributed by atoms with Gasteiger partial charge in [-0.05, 0) is 38.8 Å². The molecule has 1 aliphatic rings. The van der Waals surface area contributed by atoms with Gasteiger partial charge in [0.05, 0.1) is 10.7 Å². The third-order valence-corrected chi connectivity index (χ3v) is 4.44. The first-order valence-electron chi connectivity index (χ1n) is 6.73. The molecular formula is C15H23ClN2. The summed E-state index contributed by atoms with van der Waals surface area (Å²) in [4.78, 5) is 2.46. The Hall–Kier alpha value is -0.730. The predicted molar refractivity (Wildman–Crippen MR) is 79.7 cm³/mol. The van der Waals surface area contributed by atoms with E-state index in [0.717, 1.165) is 24.5 Å². The number of anilines is 1. The van der Waals surface area contributed by atoms with Crippen molar-refractivity contribution in [1.82, 2.24) is 5.32 Å². The average molecular weight is 267 g/mol. The number of benzene rings is 1. The first-order chi connectivity index (χ1) is 8.47. The van der Waals surface area contributed by atoms with Gasteiger partial charge in [0.1, 0.15) is 0 Å². The Morgan fingerprint density at radius 1 is 1.50 bits per heavy atom. The Bertz CT molecular complexity index is 412. The Kier molecular flexibility index (Phi) is 3.88. The van der Waals surface area contributed by atoms with Gasteiger partial charge in [-0.3, -0.25) is 0 Å². The van der Waals surface area contributed by atoms with E-state index < -0.39 is 0 Å². The summed E-state index contributed by atoms with van der Waals surface area (Å²) >= 11 is 6.40. The molecule has 2 nitrogen and oxygen atoms in total. The van der Waals surface area contributed by atoms with Crippen LogP contribution in [0.15, 0.2) is 18.2 Å². The summed E-state index contributed by atoms with van der Waals surface area (Å²) in [5.74, 6) is 0. The first kappa shape index (κ1) is 13.7. The summed E-state index contributed by atoms with van der Waals surface area (Å²) in [5.41, 5.74) is 2.64. The monoisotopic (exact) mass is 266 g/mol. The van der Waals surface area contributed by atoms with Crippen LogP contribution in [-0.4, -0.2) is 24.7 Å². The molecule has 2 atom stereocenters. The molecule has 0 saturated carbocycles. The van der Waals surface area contributed by atoms with E-state index in [9.17, 15) is 0 Å². The summed E-state index contributed by atoms with van der Waals surface area (Å²) in [6.45, 7) is 10.9. The lowest BCUT2D eigenvalue weighted by Gasteiger charge is -2.46. The highest BCUT2D eigenvalue weighted by Crippen LogP contribution is 2.33. The van der Waals surface area contributed by atoms with E-state index >= 15 is 0 Å². The summed E-state index contributed by atoms with van der Waals surface area (Å²) in [5, 5.41) is 4.51. The summed E-state index contributed by atoms with van der Waals surface area (Å²) in [6, 6.07) is 6.62. The van der Waals surface area contributed by atoms with Crippen LogP contribution in [0.1, 0.15) is 32.8 Å². The van der Waals surface area contributed by atoms with Crippen molar-refractivity contribution in [2.24, 2.45) is 0 Å². The lowest BCUT2D eigenvalue weighted by Crippen LogP contribution is -2.62. The van der Waals surface area contributed by atoms with Gasteiger partial charge in [0.25, 0.3) is 0 Å². The molecule has 1 aromatic carbocycles. The smallest absolute Gasteiger partial charge is 0.0642 e. The van der Waals surface area contributed by atoms with Crippen molar-refractivity contribution < 1.29 is 0 Å². The fourth-order valence-corrected chi connectivity index (χ4v) is 2.95. The lowest BCUT2D eigenvalue weighted by molar-refractivity contribution is 0.285. The SMILES string of the molecule is CCC1(C)CN(c2c(C)cccc2Cl)C(C)CN1. The standard InChI is InChI=1S/C15H23ClN2/c1-5-15(4)10-18(12(3)9-17-15)14-11(2)7-6-8-13(14)16/h6-8,12,17H,5,9-10H2,1-4H3. The molecule has 100 valence electrons. The van der Waals surface area contributed by atoms with Crippen LogP contribution in [0.5, 0.6) is 0 Å². The second kappa shape index (κ2) is 5.10. The Balaban J connectivity index is 2.36. The van der Waals surface area contributed by atoms with E-state index in [-0.39, 0.29) is 5.54 Å². The zero-order chi connectivity index (χ0) is 13.3. The molecule has 18 heavy (non-hydrogen) atoms. The second-order valence-electron chi connectivity index (χ2n) is 5.68. The van der Waals surface area contributed by atoms with Crippen molar-refractivity contribution in [3.8, 4) is 0 Å². The van der Waals surface area contributed by atoms with Crippen LogP contribution < -0.4 is 10.2 Å². The number of piperazine rings is 1. The van der Waals surface area contributed by atoms with E-state index in [1.54, 1.807) is 0 Å². The molecule has 3 heteroatoms. The quantitative estimate of drug-likeness (QED) is 0.880. The van der Waals surface area contributed by atoms with Crippen LogP contribution >= 0.6 is 11.6 Å². The van der Waals surface area contributed by atoms with Crippen molar-refractivity contribution in [3.05, 3.63) is 28.8 Å². The van der Waals surface area contributed by atoms with Crippen LogP contribution in [-0.2, 0) is 0 Å². The fraction of sp³-hybridized carbons (Fsp3) is 0.600. The van der Waals surface area contributed by atoms with E-state index in [4.69, 9.17) is 11.6 Å². The predicted octanol–water partition coefficient (Wildman–Crippen LogP) is 3.62. The van der Waals surface area contributed by atoms with Gasteiger partial charge in [-0.1, -0.05) is 30.7 Å². The zero-order valence-corrected chi connectivity index (χ0v) is 12.5. The number of nitrogens with zero attached hydrogens (tertiary/aromatic N) is 1. The minimum absolute atomic E-state index is 0.179. The highest BCUT2D eigenvalue weighted by molar-refractivity contribution is 6.33. The van der Waals surface area contributed by atoms with Crippen molar-refractivity contribution in [1.29, 1.82) is 0 Å². The summed E-state index contributed by atoms with van der Waals surface area (Å²) in [6.07, 6.45) is 1.12. The number of nitrogens with one attached hydrogen (secondary N) is 1. The maximum atomic E-state index is 6.40. The molecule has 0 radical (unpaired) electrons. The number of halogens is 1. The van der Waals surface area contributed by atoms with Gasteiger partial charge in [-0.2, -0.15) is 0 Å². The first-order valence-corrected chi connectivity index (χ1v) is 7.11. The van der Waals surface area contributed by atoms with Gasteiger partial charge in [0, 0.05) is 24.7 Å². The molecule has 0 aromatic heterocycles. The average Bonchev–Trinajstić information content (AvgIpc) is 2.34. The Morgan fingerprint density at radius 2 is 2.22 bits per heavy atom.